The minimum Gasteiger partial charge on any atom is -0.341 e. The topological polar surface area (TPSA) is 91.1 Å². The van der Waals surface area contributed by atoms with E-state index in [4.69, 9.17) is 10.7 Å². The molecule has 2 N–H and O–H groups in total. The van der Waals surface area contributed by atoms with E-state index >= 15 is 0 Å². The molecule has 1 fully saturated rings. The molecule has 8 nitrogen and oxygen atoms in total. The predicted molar refractivity (Wildman–Crippen MR) is 143 cm³/mol. The van der Waals surface area contributed by atoms with Gasteiger partial charge in [-0.15, -0.1) is 5.92 Å². The number of aromatic nitrogens is 4. The van der Waals surface area contributed by atoms with Crippen LogP contribution in [0, 0.1) is 11.8 Å². The number of alkyl halides is 3. The molecule has 1 atom stereocenters. The molecule has 3 heterocycles. The largest absolute Gasteiger partial charge is 0.416 e. The smallest absolute Gasteiger partial charge is 0.341 e. The molecule has 1 aliphatic rings. The van der Waals surface area contributed by atoms with Crippen molar-refractivity contribution in [3.05, 3.63) is 86.6 Å². The Hall–Kier alpha value is -4.30. The first-order valence-corrected chi connectivity index (χ1v) is 12.6. The number of hydrogen-bond donors (Lipinski definition) is 1. The molecule has 2 aromatic carbocycles. The van der Waals surface area contributed by atoms with Crippen molar-refractivity contribution in [2.45, 2.75) is 45.1 Å². The highest BCUT2D eigenvalue weighted by atomic mass is 19.4. The van der Waals surface area contributed by atoms with Gasteiger partial charge in [0.1, 0.15) is 0 Å². The van der Waals surface area contributed by atoms with Crippen LogP contribution in [0.15, 0.2) is 64.2 Å². The highest BCUT2D eigenvalue weighted by Gasteiger charge is 2.34. The number of hydrogen-bond acceptors (Lipinski definition) is 5. The number of nitrogens with zero attached hydrogens (tertiary/aromatic N) is 5. The minimum absolute atomic E-state index is 0.0832. The first-order valence-electron chi connectivity index (χ1n) is 12.6. The van der Waals surface area contributed by atoms with Crippen molar-refractivity contribution < 1.29 is 13.2 Å². The number of imidazole rings is 1. The summed E-state index contributed by atoms with van der Waals surface area (Å²) in [5.41, 5.74) is 4.22. The summed E-state index contributed by atoms with van der Waals surface area (Å²) in [5.74, 6) is 6.23. The molecule has 39 heavy (non-hydrogen) atoms. The first-order chi connectivity index (χ1) is 18.7. The average molecular weight is 537 g/mol. The summed E-state index contributed by atoms with van der Waals surface area (Å²) in [5, 5.41) is 0. The summed E-state index contributed by atoms with van der Waals surface area (Å²) in [6.45, 7) is 2.37. The van der Waals surface area contributed by atoms with Gasteiger partial charge in [-0.05, 0) is 43.5 Å². The molecule has 2 aromatic heterocycles. The maximum absolute atomic E-state index is 14.0. The summed E-state index contributed by atoms with van der Waals surface area (Å²) in [6.07, 6.45) is -2.97. The molecule has 202 valence electrons. The third-order valence-electron chi connectivity index (χ3n) is 6.83. The highest BCUT2D eigenvalue weighted by molar-refractivity contribution is 5.77. The molecule has 0 spiro atoms. The normalized spacial score (nSPS) is 15.8. The Morgan fingerprint density at radius 1 is 1.05 bits per heavy atom. The standard InChI is InChI=1S/C28H27F3N6O2/c1-2-3-16-35-23-24(33-26(35)34-15-9-11-20(32)18-34)37(21-12-5-4-6-13-21)27(39)36(25(23)38)17-19-10-7-8-14-22(19)28(29,30)31/h4-8,10,12-14,20H,9,11,15-18,32H2,1H3/t20-/m1/s1. The molecule has 5 rings (SSSR count). The first kappa shape index (κ1) is 26.3. The molecule has 4 aromatic rings. The lowest BCUT2D eigenvalue weighted by atomic mass is 10.1. The number of anilines is 1. The van der Waals surface area contributed by atoms with Crippen LogP contribution in [-0.4, -0.2) is 37.8 Å². The van der Waals surface area contributed by atoms with Gasteiger partial charge in [-0.25, -0.2) is 9.36 Å². The molecule has 1 saturated heterocycles. The number of benzene rings is 2. The fourth-order valence-corrected chi connectivity index (χ4v) is 5.02. The van der Waals surface area contributed by atoms with E-state index in [0.29, 0.717) is 24.7 Å². The van der Waals surface area contributed by atoms with Crippen molar-refractivity contribution in [2.24, 2.45) is 5.73 Å². The van der Waals surface area contributed by atoms with Gasteiger partial charge in [0, 0.05) is 19.1 Å². The SMILES string of the molecule is CC#CCn1c(N2CCC[C@@H](N)C2)nc2c1c(=O)n(Cc1ccccc1C(F)(F)F)c(=O)n2-c1ccccc1. The second-order valence-corrected chi connectivity index (χ2v) is 9.44. The number of para-hydroxylation sites is 1. The summed E-state index contributed by atoms with van der Waals surface area (Å²) in [4.78, 5) is 34.6. The Morgan fingerprint density at radius 3 is 2.46 bits per heavy atom. The zero-order valence-corrected chi connectivity index (χ0v) is 21.3. The highest BCUT2D eigenvalue weighted by Crippen LogP contribution is 2.32. The Balaban J connectivity index is 1.83. The van der Waals surface area contributed by atoms with Crippen molar-refractivity contribution in [3.63, 3.8) is 0 Å². The number of halogens is 3. The monoisotopic (exact) mass is 536 g/mol. The molecule has 0 aliphatic carbocycles. The van der Waals surface area contributed by atoms with Crippen molar-refractivity contribution in [1.82, 2.24) is 18.7 Å². The zero-order valence-electron chi connectivity index (χ0n) is 21.3. The van der Waals surface area contributed by atoms with E-state index in [2.05, 4.69) is 11.8 Å². The summed E-state index contributed by atoms with van der Waals surface area (Å²) in [7, 11) is 0. The van der Waals surface area contributed by atoms with Crippen molar-refractivity contribution >= 4 is 17.1 Å². The van der Waals surface area contributed by atoms with Gasteiger partial charge < -0.3 is 10.6 Å². The van der Waals surface area contributed by atoms with Gasteiger partial charge in [-0.3, -0.25) is 13.9 Å². The molecule has 0 amide bonds. The molecule has 1 aliphatic heterocycles. The lowest BCUT2D eigenvalue weighted by molar-refractivity contribution is -0.138. The minimum atomic E-state index is -4.65. The van der Waals surface area contributed by atoms with Crippen LogP contribution in [0.25, 0.3) is 16.9 Å². The Bertz CT molecular complexity index is 1690. The van der Waals surface area contributed by atoms with E-state index in [9.17, 15) is 22.8 Å². The lowest BCUT2D eigenvalue weighted by Crippen LogP contribution is -2.44. The van der Waals surface area contributed by atoms with E-state index < -0.39 is 29.5 Å². The lowest BCUT2D eigenvalue weighted by Gasteiger charge is -2.31. The van der Waals surface area contributed by atoms with Crippen LogP contribution in [0.2, 0.25) is 0 Å². The van der Waals surface area contributed by atoms with Crippen LogP contribution < -0.4 is 21.9 Å². The molecular formula is C28H27F3N6O2. The molecule has 0 unspecified atom stereocenters. The van der Waals surface area contributed by atoms with Gasteiger partial charge in [0.25, 0.3) is 5.56 Å². The molecule has 0 radical (unpaired) electrons. The summed E-state index contributed by atoms with van der Waals surface area (Å²) < 4.78 is 45.1. The molecular weight excluding hydrogens is 509 g/mol. The van der Waals surface area contributed by atoms with E-state index in [1.165, 1.54) is 22.8 Å². The van der Waals surface area contributed by atoms with Crippen LogP contribution in [0.3, 0.4) is 0 Å². The Morgan fingerprint density at radius 2 is 1.77 bits per heavy atom. The van der Waals surface area contributed by atoms with Gasteiger partial charge in [-0.2, -0.15) is 18.2 Å². The maximum Gasteiger partial charge on any atom is 0.416 e. The van der Waals surface area contributed by atoms with Crippen LogP contribution in [0.5, 0.6) is 0 Å². The zero-order chi connectivity index (χ0) is 27.7. The fourth-order valence-electron chi connectivity index (χ4n) is 5.02. The fraction of sp³-hybridized carbons (Fsp3) is 0.321. The number of fused-ring (bicyclic) bond motifs is 1. The van der Waals surface area contributed by atoms with E-state index in [0.717, 1.165) is 23.5 Å². The molecule has 0 bridgehead atoms. The second kappa shape index (κ2) is 10.5. The van der Waals surface area contributed by atoms with E-state index in [-0.39, 0.29) is 29.3 Å². The quantitative estimate of drug-likeness (QED) is 0.395. The van der Waals surface area contributed by atoms with Crippen LogP contribution >= 0.6 is 0 Å². The number of piperidine rings is 1. The van der Waals surface area contributed by atoms with Crippen LogP contribution in [0.1, 0.15) is 30.9 Å². The summed E-state index contributed by atoms with van der Waals surface area (Å²) >= 11 is 0. The van der Waals surface area contributed by atoms with Crippen LogP contribution in [-0.2, 0) is 19.3 Å². The van der Waals surface area contributed by atoms with Gasteiger partial charge >= 0.3 is 11.9 Å². The van der Waals surface area contributed by atoms with Crippen molar-refractivity contribution in [3.8, 4) is 17.5 Å². The maximum atomic E-state index is 14.0. The molecule has 0 saturated carbocycles. The van der Waals surface area contributed by atoms with E-state index in [1.807, 2.05) is 4.90 Å². The third-order valence-corrected chi connectivity index (χ3v) is 6.83. The predicted octanol–water partition coefficient (Wildman–Crippen LogP) is 3.37. The van der Waals surface area contributed by atoms with Crippen molar-refractivity contribution in [2.75, 3.05) is 18.0 Å². The second-order valence-electron chi connectivity index (χ2n) is 9.44. The summed E-state index contributed by atoms with van der Waals surface area (Å²) in [6, 6.07) is 13.4. The van der Waals surface area contributed by atoms with Gasteiger partial charge in [-0.1, -0.05) is 42.3 Å². The Labute approximate surface area is 222 Å². The van der Waals surface area contributed by atoms with Crippen LogP contribution in [0.4, 0.5) is 19.1 Å². The number of nitrogens with two attached hydrogens (primary N) is 1. The average Bonchev–Trinajstić information content (AvgIpc) is 3.29. The van der Waals surface area contributed by atoms with Crippen molar-refractivity contribution in [1.29, 1.82) is 0 Å². The van der Waals surface area contributed by atoms with Gasteiger partial charge in [0.15, 0.2) is 11.2 Å². The van der Waals surface area contributed by atoms with Gasteiger partial charge in [0.2, 0.25) is 5.95 Å². The van der Waals surface area contributed by atoms with Gasteiger partial charge in [0.05, 0.1) is 24.3 Å². The Kier molecular flexibility index (Phi) is 7.06. The molecule has 11 heteroatoms. The number of rotatable bonds is 5. The van der Waals surface area contributed by atoms with E-state index in [1.54, 1.807) is 41.8 Å². The third kappa shape index (κ3) is 4.95.